The maximum atomic E-state index is 13.0. The summed E-state index contributed by atoms with van der Waals surface area (Å²) >= 11 is 0. The van der Waals surface area contributed by atoms with Crippen LogP contribution in [0.1, 0.15) is 6.42 Å². The molecule has 8 nitrogen and oxygen atoms in total. The second kappa shape index (κ2) is 8.98. The van der Waals surface area contributed by atoms with E-state index in [0.717, 1.165) is 28.5 Å². The average molecular weight is 479 g/mol. The standard InChI is InChI=1S/C25H26N4O4S/c30-23(18-29-21-10-4-6-19-7-5-11-22(25(19)21)34(29,32)33)26-13-12-24(31)28-16-14-27(15-17-28)20-8-2-1-3-9-20/h1-11H,12-18H2,(H,26,30). The monoisotopic (exact) mass is 478 g/mol. The highest BCUT2D eigenvalue weighted by molar-refractivity contribution is 7.93. The van der Waals surface area contributed by atoms with E-state index < -0.39 is 15.9 Å². The minimum absolute atomic E-state index is 0.0148. The Morgan fingerprint density at radius 2 is 1.56 bits per heavy atom. The second-order valence-corrected chi connectivity index (χ2v) is 10.3. The van der Waals surface area contributed by atoms with Crippen molar-refractivity contribution in [2.45, 2.75) is 11.3 Å². The van der Waals surface area contributed by atoms with Crippen LogP contribution in [0, 0.1) is 0 Å². The largest absolute Gasteiger partial charge is 0.368 e. The number of rotatable bonds is 6. The molecule has 0 radical (unpaired) electrons. The van der Waals surface area contributed by atoms with Crippen molar-refractivity contribution in [3.05, 3.63) is 66.7 Å². The third kappa shape index (κ3) is 4.07. The summed E-state index contributed by atoms with van der Waals surface area (Å²) in [7, 11) is -3.79. The fourth-order valence-electron chi connectivity index (χ4n) is 4.63. The zero-order valence-electron chi connectivity index (χ0n) is 18.7. The van der Waals surface area contributed by atoms with Gasteiger partial charge in [0, 0.05) is 50.2 Å². The molecule has 0 atom stereocenters. The highest BCUT2D eigenvalue weighted by atomic mass is 32.2. The Morgan fingerprint density at radius 3 is 2.29 bits per heavy atom. The van der Waals surface area contributed by atoms with E-state index in [9.17, 15) is 18.0 Å². The van der Waals surface area contributed by atoms with Crippen molar-refractivity contribution in [1.82, 2.24) is 10.2 Å². The van der Waals surface area contributed by atoms with Gasteiger partial charge in [0.25, 0.3) is 10.0 Å². The molecule has 1 fully saturated rings. The molecule has 9 heteroatoms. The Balaban J connectivity index is 1.13. The van der Waals surface area contributed by atoms with Gasteiger partial charge in [-0.2, -0.15) is 0 Å². The quantitative estimate of drug-likeness (QED) is 0.587. The maximum Gasteiger partial charge on any atom is 0.265 e. The number of hydrogen-bond donors (Lipinski definition) is 1. The van der Waals surface area contributed by atoms with Crippen molar-refractivity contribution < 1.29 is 18.0 Å². The van der Waals surface area contributed by atoms with Gasteiger partial charge < -0.3 is 15.1 Å². The number of para-hydroxylation sites is 1. The molecule has 0 spiro atoms. The van der Waals surface area contributed by atoms with Crippen LogP contribution in [0.25, 0.3) is 10.8 Å². The van der Waals surface area contributed by atoms with Gasteiger partial charge >= 0.3 is 0 Å². The lowest BCUT2D eigenvalue weighted by molar-refractivity contribution is -0.131. The molecule has 1 saturated heterocycles. The minimum Gasteiger partial charge on any atom is -0.368 e. The number of nitrogens with one attached hydrogen (secondary N) is 1. The first-order valence-electron chi connectivity index (χ1n) is 11.3. The minimum atomic E-state index is -3.79. The van der Waals surface area contributed by atoms with Gasteiger partial charge in [-0.3, -0.25) is 13.9 Å². The predicted octanol–water partition coefficient (Wildman–Crippen LogP) is 2.20. The maximum absolute atomic E-state index is 13.0. The lowest BCUT2D eigenvalue weighted by Gasteiger charge is -2.36. The average Bonchev–Trinajstić information content (AvgIpc) is 3.08. The van der Waals surface area contributed by atoms with Crippen LogP contribution in [0.5, 0.6) is 0 Å². The van der Waals surface area contributed by atoms with E-state index in [1.165, 1.54) is 0 Å². The summed E-state index contributed by atoms with van der Waals surface area (Å²) in [5, 5.41) is 4.17. The number of carbonyl (C=O) groups is 2. The fourth-order valence-corrected chi connectivity index (χ4v) is 6.30. The van der Waals surface area contributed by atoms with Crippen molar-refractivity contribution in [3.8, 4) is 0 Å². The van der Waals surface area contributed by atoms with E-state index in [0.29, 0.717) is 24.2 Å². The van der Waals surface area contributed by atoms with E-state index in [1.54, 1.807) is 24.3 Å². The van der Waals surface area contributed by atoms with Crippen LogP contribution in [-0.2, 0) is 19.6 Å². The molecule has 5 rings (SSSR count). The van der Waals surface area contributed by atoms with Crippen LogP contribution in [0.4, 0.5) is 11.4 Å². The number of carbonyl (C=O) groups excluding carboxylic acids is 2. The molecule has 2 amide bonds. The summed E-state index contributed by atoms with van der Waals surface area (Å²) in [6, 6.07) is 20.6. The second-order valence-electron chi connectivity index (χ2n) is 8.45. The van der Waals surface area contributed by atoms with Crippen LogP contribution in [0.15, 0.2) is 71.6 Å². The topological polar surface area (TPSA) is 90.0 Å². The van der Waals surface area contributed by atoms with Crippen LogP contribution >= 0.6 is 0 Å². The number of hydrogen-bond acceptors (Lipinski definition) is 5. The zero-order chi connectivity index (χ0) is 23.7. The molecular weight excluding hydrogens is 452 g/mol. The summed E-state index contributed by atoms with van der Waals surface area (Å²) in [6.07, 6.45) is 0.180. The molecule has 2 aliphatic heterocycles. The first-order valence-corrected chi connectivity index (χ1v) is 12.8. The first kappa shape index (κ1) is 22.2. The van der Waals surface area contributed by atoms with Crippen molar-refractivity contribution in [2.75, 3.05) is 48.5 Å². The summed E-state index contributed by atoms with van der Waals surface area (Å²) in [5.41, 5.74) is 1.66. The molecule has 0 aliphatic carbocycles. The van der Waals surface area contributed by atoms with Crippen molar-refractivity contribution in [3.63, 3.8) is 0 Å². The molecule has 0 saturated carbocycles. The molecule has 176 valence electrons. The van der Waals surface area contributed by atoms with Gasteiger partial charge in [-0.1, -0.05) is 42.5 Å². The number of piperazine rings is 1. The van der Waals surface area contributed by atoms with Gasteiger partial charge in [-0.05, 0) is 29.7 Å². The van der Waals surface area contributed by atoms with Crippen molar-refractivity contribution in [2.24, 2.45) is 0 Å². The molecule has 2 aliphatic rings. The highest BCUT2D eigenvalue weighted by Gasteiger charge is 2.36. The van der Waals surface area contributed by atoms with Crippen LogP contribution < -0.4 is 14.5 Å². The number of nitrogens with zero attached hydrogens (tertiary/aromatic N) is 3. The van der Waals surface area contributed by atoms with Crippen LogP contribution in [0.3, 0.4) is 0 Å². The SMILES string of the molecule is O=C(CN1c2cccc3cccc(c23)S1(=O)=O)NCCC(=O)N1CCN(c2ccccc2)CC1. The number of sulfonamides is 1. The Labute approximate surface area is 198 Å². The van der Waals surface area contributed by atoms with Gasteiger partial charge in [0.2, 0.25) is 11.8 Å². The van der Waals surface area contributed by atoms with Crippen LogP contribution in [-0.4, -0.2) is 64.4 Å². The molecule has 3 aromatic carbocycles. The third-order valence-electron chi connectivity index (χ3n) is 6.38. The van der Waals surface area contributed by atoms with Gasteiger partial charge in [-0.25, -0.2) is 8.42 Å². The number of anilines is 2. The van der Waals surface area contributed by atoms with Gasteiger partial charge in [0.05, 0.1) is 10.6 Å². The highest BCUT2D eigenvalue weighted by Crippen LogP contribution is 2.41. The van der Waals surface area contributed by atoms with E-state index in [-0.39, 0.29) is 30.3 Å². The van der Waals surface area contributed by atoms with Crippen LogP contribution in [0.2, 0.25) is 0 Å². The van der Waals surface area contributed by atoms with Crippen molar-refractivity contribution >= 4 is 44.0 Å². The molecule has 1 N–H and O–H groups in total. The Bertz CT molecular complexity index is 1330. The smallest absolute Gasteiger partial charge is 0.265 e. The molecule has 2 heterocycles. The lowest BCUT2D eigenvalue weighted by atomic mass is 10.1. The first-order chi connectivity index (χ1) is 16.4. The Hall–Kier alpha value is -3.59. The van der Waals surface area contributed by atoms with E-state index in [4.69, 9.17) is 0 Å². The van der Waals surface area contributed by atoms with E-state index in [1.807, 2.05) is 35.2 Å². The van der Waals surface area contributed by atoms with E-state index in [2.05, 4.69) is 22.3 Å². The summed E-state index contributed by atoms with van der Waals surface area (Å²) in [6.45, 7) is 2.65. The summed E-state index contributed by atoms with van der Waals surface area (Å²) in [4.78, 5) is 29.4. The predicted molar refractivity (Wildman–Crippen MR) is 131 cm³/mol. The summed E-state index contributed by atoms with van der Waals surface area (Å²) in [5.74, 6) is -0.450. The van der Waals surface area contributed by atoms with Gasteiger partial charge in [-0.15, -0.1) is 0 Å². The fraction of sp³-hybridized carbons (Fsp3) is 0.280. The normalized spacial score (nSPS) is 16.6. The molecule has 0 aromatic heterocycles. The third-order valence-corrected chi connectivity index (χ3v) is 8.19. The molecule has 3 aromatic rings. The number of amides is 2. The lowest BCUT2D eigenvalue weighted by Crippen LogP contribution is -2.49. The van der Waals surface area contributed by atoms with Gasteiger partial charge in [0.15, 0.2) is 0 Å². The molecular formula is C25H26N4O4S. The molecule has 0 unspecified atom stereocenters. The Morgan fingerprint density at radius 1 is 0.853 bits per heavy atom. The Kier molecular flexibility index (Phi) is 5.87. The number of benzene rings is 3. The van der Waals surface area contributed by atoms with Crippen molar-refractivity contribution in [1.29, 1.82) is 0 Å². The van der Waals surface area contributed by atoms with E-state index >= 15 is 0 Å². The molecule has 34 heavy (non-hydrogen) atoms. The molecule has 0 bridgehead atoms. The zero-order valence-corrected chi connectivity index (χ0v) is 19.5. The summed E-state index contributed by atoms with van der Waals surface area (Å²) < 4.78 is 27.1. The van der Waals surface area contributed by atoms with Gasteiger partial charge in [0.1, 0.15) is 6.54 Å².